The number of amides is 1. The molecule has 0 atom stereocenters. The second kappa shape index (κ2) is 9.47. The monoisotopic (exact) mass is 406 g/mol. The van der Waals surface area contributed by atoms with Gasteiger partial charge in [-0.2, -0.15) is 0 Å². The zero-order chi connectivity index (χ0) is 20.7. The summed E-state index contributed by atoms with van der Waals surface area (Å²) in [6.45, 7) is -0.389. The Morgan fingerprint density at radius 2 is 1.68 bits per heavy atom. The molecule has 0 spiro atoms. The maximum Gasteiger partial charge on any atom is 0.338 e. The van der Waals surface area contributed by atoms with Gasteiger partial charge in [0, 0.05) is 23.7 Å². The van der Waals surface area contributed by atoms with Crippen molar-refractivity contribution in [3.63, 3.8) is 0 Å². The van der Waals surface area contributed by atoms with Gasteiger partial charge in [0.05, 0.1) is 23.2 Å². The zero-order valence-electron chi connectivity index (χ0n) is 14.6. The fraction of sp³-hybridized carbons (Fsp3) is 0.167. The molecule has 146 valence electrons. The Bertz CT molecular complexity index is 913. The lowest BCUT2D eigenvalue weighted by Crippen LogP contribution is -2.28. The Balaban J connectivity index is 1.98. The summed E-state index contributed by atoms with van der Waals surface area (Å²) < 4.78 is 9.35. The van der Waals surface area contributed by atoms with Crippen molar-refractivity contribution < 1.29 is 28.8 Å². The summed E-state index contributed by atoms with van der Waals surface area (Å²) in [6, 6.07) is 9.81. The maximum atomic E-state index is 12.1. The number of halogens is 1. The number of non-ortho nitro benzene ring substituents is 1. The first-order chi connectivity index (χ1) is 13.3. The molecule has 28 heavy (non-hydrogen) atoms. The summed E-state index contributed by atoms with van der Waals surface area (Å²) in [7, 11) is 1.10. The fourth-order valence-corrected chi connectivity index (χ4v) is 2.26. The Kier molecular flexibility index (Phi) is 7.05. The smallest absolute Gasteiger partial charge is 0.338 e. The predicted molar refractivity (Wildman–Crippen MR) is 98.0 cm³/mol. The van der Waals surface area contributed by atoms with E-state index in [2.05, 4.69) is 10.1 Å². The first-order valence-electron chi connectivity index (χ1n) is 7.86. The third kappa shape index (κ3) is 5.78. The molecule has 0 bridgehead atoms. The van der Waals surface area contributed by atoms with E-state index in [9.17, 15) is 24.5 Å². The van der Waals surface area contributed by atoms with Crippen molar-refractivity contribution >= 4 is 35.1 Å². The summed E-state index contributed by atoms with van der Waals surface area (Å²) in [5, 5.41) is 14.1. The van der Waals surface area contributed by atoms with E-state index in [4.69, 9.17) is 16.3 Å². The molecule has 0 radical (unpaired) electrons. The number of hydrogen-bond donors (Lipinski definition) is 1. The van der Waals surface area contributed by atoms with Crippen LogP contribution >= 0.6 is 11.6 Å². The summed E-state index contributed by atoms with van der Waals surface area (Å²) in [5.74, 6) is -2.41. The highest BCUT2D eigenvalue weighted by atomic mass is 35.5. The fourth-order valence-electron chi connectivity index (χ4n) is 2.14. The molecule has 9 nitrogen and oxygen atoms in total. The second-order valence-corrected chi connectivity index (χ2v) is 5.93. The lowest BCUT2D eigenvalue weighted by molar-refractivity contribution is -0.384. The van der Waals surface area contributed by atoms with Crippen LogP contribution in [0.5, 0.6) is 0 Å². The molecule has 0 fully saturated rings. The minimum atomic E-state index is -0.990. The van der Waals surface area contributed by atoms with Gasteiger partial charge in [-0.3, -0.25) is 14.9 Å². The van der Waals surface area contributed by atoms with Crippen LogP contribution in [0.1, 0.15) is 26.3 Å². The van der Waals surface area contributed by atoms with Gasteiger partial charge in [0.15, 0.2) is 6.61 Å². The van der Waals surface area contributed by atoms with Gasteiger partial charge in [0.25, 0.3) is 11.6 Å². The quantitative estimate of drug-likeness (QED) is 0.425. The highest BCUT2D eigenvalue weighted by molar-refractivity contribution is 6.30. The van der Waals surface area contributed by atoms with Crippen molar-refractivity contribution in [3.05, 3.63) is 74.3 Å². The molecule has 10 heteroatoms. The molecule has 0 heterocycles. The van der Waals surface area contributed by atoms with Crippen LogP contribution < -0.4 is 5.32 Å². The number of nitro groups is 1. The van der Waals surface area contributed by atoms with Gasteiger partial charge in [0.2, 0.25) is 0 Å². The lowest BCUT2D eigenvalue weighted by atomic mass is 10.1. The van der Waals surface area contributed by atoms with Crippen molar-refractivity contribution in [2.75, 3.05) is 13.7 Å². The predicted octanol–water partition coefficient (Wildman–Crippen LogP) is 2.51. The number of benzene rings is 2. The summed E-state index contributed by atoms with van der Waals surface area (Å²) >= 11 is 5.77. The zero-order valence-corrected chi connectivity index (χ0v) is 15.4. The van der Waals surface area contributed by atoms with E-state index in [-0.39, 0.29) is 17.7 Å². The number of methoxy groups -OCH3 is 1. The first-order valence-corrected chi connectivity index (χ1v) is 8.24. The van der Waals surface area contributed by atoms with E-state index in [0.29, 0.717) is 5.02 Å². The average molecular weight is 407 g/mol. The van der Waals surface area contributed by atoms with Crippen LogP contribution in [-0.4, -0.2) is 36.5 Å². The third-order valence-electron chi connectivity index (χ3n) is 3.52. The summed E-state index contributed by atoms with van der Waals surface area (Å²) in [5.41, 5.74) is -0.122. The van der Waals surface area contributed by atoms with Gasteiger partial charge < -0.3 is 14.8 Å². The van der Waals surface area contributed by atoms with Crippen LogP contribution in [0.25, 0.3) is 0 Å². The van der Waals surface area contributed by atoms with Crippen molar-refractivity contribution in [1.29, 1.82) is 0 Å². The lowest BCUT2D eigenvalue weighted by Gasteiger charge is -2.08. The molecule has 2 aromatic rings. The van der Waals surface area contributed by atoms with Gasteiger partial charge in [-0.25, -0.2) is 9.59 Å². The van der Waals surface area contributed by atoms with E-state index in [1.54, 1.807) is 24.3 Å². The molecule has 0 saturated carbocycles. The van der Waals surface area contributed by atoms with Crippen molar-refractivity contribution in [2.24, 2.45) is 0 Å². The number of hydrogen-bond acceptors (Lipinski definition) is 7. The average Bonchev–Trinajstić information content (AvgIpc) is 2.70. The number of esters is 2. The Labute approximate surface area is 164 Å². The summed E-state index contributed by atoms with van der Waals surface area (Å²) in [4.78, 5) is 45.7. The Morgan fingerprint density at radius 3 is 2.25 bits per heavy atom. The first kappa shape index (κ1) is 20.8. The van der Waals surface area contributed by atoms with Gasteiger partial charge in [-0.05, 0) is 23.8 Å². The number of nitrogens with one attached hydrogen (secondary N) is 1. The Morgan fingerprint density at radius 1 is 1.07 bits per heavy atom. The van der Waals surface area contributed by atoms with Crippen molar-refractivity contribution in [1.82, 2.24) is 5.32 Å². The minimum absolute atomic E-state index is 0.184. The Hall–Kier alpha value is -3.46. The topological polar surface area (TPSA) is 125 Å². The molecule has 0 unspecified atom stereocenters. The highest BCUT2D eigenvalue weighted by Gasteiger charge is 2.19. The van der Waals surface area contributed by atoms with E-state index < -0.39 is 35.1 Å². The van der Waals surface area contributed by atoms with Crippen LogP contribution in [0.15, 0.2) is 42.5 Å². The molecule has 2 aromatic carbocycles. The van der Waals surface area contributed by atoms with Crippen LogP contribution in [0.4, 0.5) is 5.69 Å². The molecule has 0 saturated heterocycles. The van der Waals surface area contributed by atoms with Crippen molar-refractivity contribution in [2.45, 2.75) is 6.54 Å². The van der Waals surface area contributed by atoms with Crippen LogP contribution in [0, 0.1) is 10.1 Å². The van der Waals surface area contributed by atoms with Crippen LogP contribution in [-0.2, 0) is 20.8 Å². The number of carbonyl (C=O) groups excluding carboxylic acids is 3. The molecule has 0 aliphatic rings. The van der Waals surface area contributed by atoms with E-state index in [0.717, 1.165) is 30.9 Å². The minimum Gasteiger partial charge on any atom is -0.465 e. The number of ether oxygens (including phenoxy) is 2. The van der Waals surface area contributed by atoms with E-state index in [1.165, 1.54) is 0 Å². The number of nitrogens with zero attached hydrogens (tertiary/aromatic N) is 1. The molecule has 1 N–H and O–H groups in total. The second-order valence-electron chi connectivity index (χ2n) is 5.50. The standard InChI is InChI=1S/C18H15ClN2O7/c1-27-17(23)12-6-13(8-15(7-12)21(25)26)18(24)28-10-16(22)20-9-11-2-4-14(19)5-3-11/h2-8H,9-10H2,1H3,(H,20,22). The highest BCUT2D eigenvalue weighted by Crippen LogP contribution is 2.19. The van der Waals surface area contributed by atoms with E-state index >= 15 is 0 Å². The third-order valence-corrected chi connectivity index (χ3v) is 3.77. The molecule has 0 aliphatic heterocycles. The molecular weight excluding hydrogens is 392 g/mol. The largest absolute Gasteiger partial charge is 0.465 e. The van der Waals surface area contributed by atoms with Crippen LogP contribution in [0.3, 0.4) is 0 Å². The maximum absolute atomic E-state index is 12.1. The van der Waals surface area contributed by atoms with Crippen molar-refractivity contribution in [3.8, 4) is 0 Å². The van der Waals surface area contributed by atoms with Gasteiger partial charge in [-0.15, -0.1) is 0 Å². The molecular formula is C18H15ClN2O7. The number of nitro benzene ring substituents is 1. The van der Waals surface area contributed by atoms with Gasteiger partial charge in [0.1, 0.15) is 0 Å². The molecule has 0 aliphatic carbocycles. The summed E-state index contributed by atoms with van der Waals surface area (Å²) in [6.07, 6.45) is 0. The van der Waals surface area contributed by atoms with Gasteiger partial charge >= 0.3 is 11.9 Å². The normalized spacial score (nSPS) is 10.1. The molecule has 2 rings (SSSR count). The molecule has 0 aromatic heterocycles. The SMILES string of the molecule is COC(=O)c1cc(C(=O)OCC(=O)NCc2ccc(Cl)cc2)cc([N+](=O)[O-])c1. The number of carbonyl (C=O) groups is 3. The number of rotatable bonds is 7. The van der Waals surface area contributed by atoms with E-state index in [1.807, 2.05) is 0 Å². The van der Waals surface area contributed by atoms with Crippen LogP contribution in [0.2, 0.25) is 5.02 Å². The van der Waals surface area contributed by atoms with Gasteiger partial charge in [-0.1, -0.05) is 23.7 Å². The molecule has 1 amide bonds.